The number of carbonyl (C=O) groups excluding carboxylic acids is 6. The number of urea groups is 1. The number of unbranched alkanes of at least 4 members (excludes halogenated alkanes) is 3. The van der Waals surface area contributed by atoms with Crippen LogP contribution in [0.15, 0.2) is 12.2 Å². The molecular formula is C26H44N6O6. The first kappa shape index (κ1) is 32.7. The number of nitrogens with zero attached hydrogens (tertiary/aromatic N) is 1. The number of primary amides is 1. The van der Waals surface area contributed by atoms with Gasteiger partial charge in [-0.3, -0.25) is 28.9 Å². The highest BCUT2D eigenvalue weighted by atomic mass is 16.2. The van der Waals surface area contributed by atoms with Gasteiger partial charge >= 0.3 is 6.03 Å². The second-order valence-electron chi connectivity index (χ2n) is 10.5. The van der Waals surface area contributed by atoms with Crippen LogP contribution < -0.4 is 27.4 Å². The molecule has 12 nitrogen and oxygen atoms in total. The average Bonchev–Trinajstić information content (AvgIpc) is 3.16. The molecule has 12 heteroatoms. The molecule has 2 atom stereocenters. The zero-order valence-corrected chi connectivity index (χ0v) is 22.8. The molecule has 38 heavy (non-hydrogen) atoms. The van der Waals surface area contributed by atoms with Crippen LogP contribution in [0, 0.1) is 5.41 Å². The van der Waals surface area contributed by atoms with Crippen LogP contribution in [0.3, 0.4) is 0 Å². The van der Waals surface area contributed by atoms with Crippen LogP contribution in [0.4, 0.5) is 4.79 Å². The number of nitrogens with two attached hydrogens (primary N) is 2. The smallest absolute Gasteiger partial charge is 0.312 e. The van der Waals surface area contributed by atoms with E-state index in [-0.39, 0.29) is 36.5 Å². The molecule has 0 aliphatic carbocycles. The summed E-state index contributed by atoms with van der Waals surface area (Å²) < 4.78 is 0. The Balaban J connectivity index is 2.66. The molecule has 1 heterocycles. The number of carbonyl (C=O) groups is 6. The van der Waals surface area contributed by atoms with E-state index in [1.165, 1.54) is 12.2 Å². The first-order chi connectivity index (χ1) is 17.9. The summed E-state index contributed by atoms with van der Waals surface area (Å²) in [6.45, 7) is 6.33. The molecule has 0 spiro atoms. The normalized spacial score (nSPS) is 14.8. The number of ketones is 1. The highest BCUT2D eigenvalue weighted by Crippen LogP contribution is 2.19. The number of amides is 6. The summed E-state index contributed by atoms with van der Waals surface area (Å²) in [5.41, 5.74) is 9.97. The standard InChI is InChI=1S/C26H44N6O6/c1-26(2,3)23(36)18(11-9-16-29-25(28)38)31-24(37)19(10-6-7-15-27)30-20(33)12-5-4-8-17-32-21(34)13-14-22(32)35/h13-14,18-19H,4-12,15-17,27H2,1-3H3,(H,30,33)(H,31,37)(H3,28,29,38)/t18-,19-/m0/s1. The summed E-state index contributed by atoms with van der Waals surface area (Å²) in [6.07, 6.45) is 6.84. The van der Waals surface area contributed by atoms with Crippen molar-refractivity contribution in [2.75, 3.05) is 19.6 Å². The van der Waals surface area contributed by atoms with E-state index in [9.17, 15) is 28.8 Å². The summed E-state index contributed by atoms with van der Waals surface area (Å²) in [4.78, 5) is 74.0. The number of Topliss-reactive ketones (excluding diaryl/α,β-unsaturated/α-hetero) is 1. The van der Waals surface area contributed by atoms with Crippen molar-refractivity contribution in [2.45, 2.75) is 90.6 Å². The maximum atomic E-state index is 13.2. The molecule has 0 saturated carbocycles. The van der Waals surface area contributed by atoms with Crippen molar-refractivity contribution < 1.29 is 28.8 Å². The Morgan fingerprint density at radius 1 is 0.868 bits per heavy atom. The van der Waals surface area contributed by atoms with E-state index in [0.29, 0.717) is 64.5 Å². The number of rotatable bonds is 18. The van der Waals surface area contributed by atoms with Crippen LogP contribution in [0.25, 0.3) is 0 Å². The van der Waals surface area contributed by atoms with Gasteiger partial charge in [-0.1, -0.05) is 27.2 Å². The maximum absolute atomic E-state index is 13.2. The molecule has 7 N–H and O–H groups in total. The van der Waals surface area contributed by atoms with E-state index >= 15 is 0 Å². The fraction of sp³-hybridized carbons (Fsp3) is 0.692. The van der Waals surface area contributed by atoms with Crippen molar-refractivity contribution in [1.82, 2.24) is 20.9 Å². The van der Waals surface area contributed by atoms with Gasteiger partial charge in [0.05, 0.1) is 6.04 Å². The SMILES string of the molecule is CC(C)(C)C(=O)[C@H](CCCNC(N)=O)NC(=O)[C@H](CCCCN)NC(=O)CCCCCN1C(=O)C=CC1=O. The highest BCUT2D eigenvalue weighted by Gasteiger charge is 2.32. The van der Waals surface area contributed by atoms with E-state index in [1.807, 2.05) is 0 Å². The van der Waals surface area contributed by atoms with Gasteiger partial charge in [0, 0.05) is 37.1 Å². The minimum absolute atomic E-state index is 0.151. The van der Waals surface area contributed by atoms with Gasteiger partial charge in [-0.05, 0) is 51.5 Å². The van der Waals surface area contributed by atoms with Crippen LogP contribution in [-0.4, -0.2) is 72.1 Å². The number of imide groups is 1. The monoisotopic (exact) mass is 536 g/mol. The molecule has 1 rings (SSSR count). The van der Waals surface area contributed by atoms with Gasteiger partial charge in [0.2, 0.25) is 11.8 Å². The van der Waals surface area contributed by atoms with Gasteiger partial charge in [0.15, 0.2) is 5.78 Å². The quantitative estimate of drug-likeness (QED) is 0.125. The molecule has 0 aromatic rings. The van der Waals surface area contributed by atoms with E-state index in [2.05, 4.69) is 16.0 Å². The third-order valence-corrected chi connectivity index (χ3v) is 6.13. The molecule has 214 valence electrons. The van der Waals surface area contributed by atoms with Gasteiger partial charge in [0.25, 0.3) is 11.8 Å². The summed E-state index contributed by atoms with van der Waals surface area (Å²) in [5.74, 6) is -1.54. The highest BCUT2D eigenvalue weighted by molar-refractivity contribution is 6.12. The van der Waals surface area contributed by atoms with Gasteiger partial charge in [-0.25, -0.2) is 4.79 Å². The van der Waals surface area contributed by atoms with Crippen molar-refractivity contribution in [1.29, 1.82) is 0 Å². The molecule has 1 aliphatic heterocycles. The third-order valence-electron chi connectivity index (χ3n) is 6.13. The predicted octanol–water partition coefficient (Wildman–Crippen LogP) is 0.634. The van der Waals surface area contributed by atoms with Crippen molar-refractivity contribution in [2.24, 2.45) is 16.9 Å². The van der Waals surface area contributed by atoms with Crippen LogP contribution >= 0.6 is 0 Å². The lowest BCUT2D eigenvalue weighted by molar-refractivity contribution is -0.137. The summed E-state index contributed by atoms with van der Waals surface area (Å²) in [6, 6.07) is -2.26. The summed E-state index contributed by atoms with van der Waals surface area (Å²) in [7, 11) is 0. The molecule has 0 fully saturated rings. The average molecular weight is 537 g/mol. The first-order valence-corrected chi connectivity index (χ1v) is 13.3. The van der Waals surface area contributed by atoms with Crippen LogP contribution in [0.1, 0.15) is 78.6 Å². The minimum Gasteiger partial charge on any atom is -0.352 e. The molecular weight excluding hydrogens is 492 g/mol. The molecule has 1 aliphatic rings. The van der Waals surface area contributed by atoms with E-state index in [0.717, 1.165) is 4.90 Å². The third kappa shape index (κ3) is 12.3. The molecule has 0 unspecified atom stereocenters. The Morgan fingerprint density at radius 2 is 1.50 bits per heavy atom. The second-order valence-corrected chi connectivity index (χ2v) is 10.5. The molecule has 0 aromatic carbocycles. The topological polar surface area (TPSA) is 194 Å². The molecule has 0 bridgehead atoms. The zero-order chi connectivity index (χ0) is 28.7. The van der Waals surface area contributed by atoms with Crippen LogP contribution in [0.5, 0.6) is 0 Å². The Bertz CT molecular complexity index is 864. The van der Waals surface area contributed by atoms with E-state index in [1.54, 1.807) is 20.8 Å². The predicted molar refractivity (Wildman–Crippen MR) is 142 cm³/mol. The number of hydrogen-bond donors (Lipinski definition) is 5. The molecule has 0 saturated heterocycles. The fourth-order valence-electron chi connectivity index (χ4n) is 3.99. The lowest BCUT2D eigenvalue weighted by Gasteiger charge is -2.27. The van der Waals surface area contributed by atoms with E-state index < -0.39 is 29.4 Å². The van der Waals surface area contributed by atoms with Gasteiger partial charge in [0.1, 0.15) is 6.04 Å². The van der Waals surface area contributed by atoms with Crippen molar-refractivity contribution >= 4 is 35.4 Å². The zero-order valence-electron chi connectivity index (χ0n) is 22.8. The second kappa shape index (κ2) is 16.5. The Labute approximate surface area is 224 Å². The van der Waals surface area contributed by atoms with Gasteiger partial charge in [-0.2, -0.15) is 0 Å². The van der Waals surface area contributed by atoms with Gasteiger partial charge < -0.3 is 27.4 Å². The Kier molecular flexibility index (Phi) is 14.3. The maximum Gasteiger partial charge on any atom is 0.312 e. The van der Waals surface area contributed by atoms with E-state index in [4.69, 9.17) is 11.5 Å². The Morgan fingerprint density at radius 3 is 2.08 bits per heavy atom. The van der Waals surface area contributed by atoms with Crippen molar-refractivity contribution in [3.63, 3.8) is 0 Å². The van der Waals surface area contributed by atoms with Crippen molar-refractivity contribution in [3.8, 4) is 0 Å². The molecule has 6 amide bonds. The number of hydrogen-bond acceptors (Lipinski definition) is 7. The lowest BCUT2D eigenvalue weighted by Crippen LogP contribution is -2.53. The van der Waals surface area contributed by atoms with Crippen LogP contribution in [-0.2, 0) is 24.0 Å². The minimum atomic E-state index is -0.820. The van der Waals surface area contributed by atoms with Crippen LogP contribution in [0.2, 0.25) is 0 Å². The molecule has 0 radical (unpaired) electrons. The van der Waals surface area contributed by atoms with Crippen molar-refractivity contribution in [3.05, 3.63) is 12.2 Å². The summed E-state index contributed by atoms with van der Waals surface area (Å²) >= 11 is 0. The molecule has 0 aromatic heterocycles. The summed E-state index contributed by atoms with van der Waals surface area (Å²) in [5, 5.41) is 8.06. The lowest BCUT2D eigenvalue weighted by atomic mass is 9.84. The fourth-order valence-corrected chi connectivity index (χ4v) is 3.99. The van der Waals surface area contributed by atoms with Gasteiger partial charge in [-0.15, -0.1) is 0 Å². The first-order valence-electron chi connectivity index (χ1n) is 13.3. The Hall–Kier alpha value is -3.28. The largest absolute Gasteiger partial charge is 0.352 e. The number of nitrogens with one attached hydrogen (secondary N) is 3.